The van der Waals surface area contributed by atoms with Crippen LogP contribution >= 0.6 is 36.6 Å². The predicted molar refractivity (Wildman–Crippen MR) is 153 cm³/mol. The van der Waals surface area contributed by atoms with Crippen LogP contribution in [0, 0.1) is 0 Å². The summed E-state index contributed by atoms with van der Waals surface area (Å²) in [7, 11) is 0. The second-order valence-corrected chi connectivity index (χ2v) is 10.1. The standard InChI is InChI=1S/C25H35ClN8O.2ClH/c26-34-24-21(30-16-33(24)20-8-4-5-9-20)22(32-25(34)31-19-12-10-18(27)11-13-19)28-14-15-29-23(35)17-6-2-1-3-7-17;;/h1-3,6-7,16,18-20,25,31H,4-5,8-15,27H2,(H,28,32)(H,29,35);2*1H/t18-,19-,25?;;. The first kappa shape index (κ1) is 29.5. The van der Waals surface area contributed by atoms with Crippen LogP contribution < -0.4 is 26.1 Å². The summed E-state index contributed by atoms with van der Waals surface area (Å²) < 4.78 is 3.92. The molecule has 2 heterocycles. The summed E-state index contributed by atoms with van der Waals surface area (Å²) in [6.45, 7) is 0.995. The Kier molecular flexibility index (Phi) is 10.9. The molecule has 2 fully saturated rings. The molecular weight excluding hydrogens is 535 g/mol. The molecule has 0 radical (unpaired) electrons. The number of amides is 1. The zero-order valence-electron chi connectivity index (χ0n) is 20.8. The lowest BCUT2D eigenvalue weighted by molar-refractivity contribution is 0.0954. The molecule has 204 valence electrons. The molecule has 9 nitrogen and oxygen atoms in total. The summed E-state index contributed by atoms with van der Waals surface area (Å²) in [6.07, 6.45) is 10.3. The smallest absolute Gasteiger partial charge is 0.251 e. The lowest BCUT2D eigenvalue weighted by atomic mass is 9.92. The molecule has 37 heavy (non-hydrogen) atoms. The van der Waals surface area contributed by atoms with E-state index in [1.165, 1.54) is 12.8 Å². The van der Waals surface area contributed by atoms with Gasteiger partial charge in [-0.05, 0) is 50.7 Å². The average Bonchev–Trinajstić information content (AvgIpc) is 3.56. The molecule has 2 aliphatic carbocycles. The van der Waals surface area contributed by atoms with Gasteiger partial charge in [0.15, 0.2) is 17.9 Å². The van der Waals surface area contributed by atoms with E-state index >= 15 is 0 Å². The highest BCUT2D eigenvalue weighted by atomic mass is 35.5. The van der Waals surface area contributed by atoms with Crippen molar-refractivity contribution in [2.75, 3.05) is 17.5 Å². The Morgan fingerprint density at radius 1 is 1.03 bits per heavy atom. The number of nitrogens with two attached hydrogens (primary N) is 1. The molecule has 1 atom stereocenters. The summed E-state index contributed by atoms with van der Waals surface area (Å²) in [5.74, 6) is 1.49. The lowest BCUT2D eigenvalue weighted by Gasteiger charge is -2.35. The highest BCUT2D eigenvalue weighted by Gasteiger charge is 2.35. The van der Waals surface area contributed by atoms with Gasteiger partial charge in [0.25, 0.3) is 5.91 Å². The predicted octanol–water partition coefficient (Wildman–Crippen LogP) is 3.72. The van der Waals surface area contributed by atoms with Crippen molar-refractivity contribution < 1.29 is 4.79 Å². The van der Waals surface area contributed by atoms with E-state index in [1.807, 2.05) is 24.5 Å². The fraction of sp³-hybridized carbons (Fsp3) is 0.560. The average molecular weight is 572 g/mol. The zero-order valence-corrected chi connectivity index (χ0v) is 23.2. The van der Waals surface area contributed by atoms with Crippen LogP contribution in [0.5, 0.6) is 0 Å². The van der Waals surface area contributed by atoms with Crippen LogP contribution in [-0.2, 0) is 0 Å². The first-order chi connectivity index (χ1) is 17.1. The van der Waals surface area contributed by atoms with Gasteiger partial charge in [-0.15, -0.1) is 24.8 Å². The van der Waals surface area contributed by atoms with Gasteiger partial charge in [-0.2, -0.15) is 0 Å². The normalized spacial score (nSPS) is 23.4. The fourth-order valence-corrected chi connectivity index (χ4v) is 5.58. The number of hydrogen-bond donors (Lipinski definition) is 4. The lowest BCUT2D eigenvalue weighted by Crippen LogP contribution is -2.51. The molecule has 5 N–H and O–H groups in total. The number of aliphatic imine (C=N–C) groups is 1. The number of halogens is 3. The third-order valence-electron chi connectivity index (χ3n) is 7.27. The van der Waals surface area contributed by atoms with Gasteiger partial charge in [-0.25, -0.2) is 14.4 Å². The first-order valence-corrected chi connectivity index (χ1v) is 13.1. The van der Waals surface area contributed by atoms with Crippen LogP contribution in [0.15, 0.2) is 41.7 Å². The summed E-state index contributed by atoms with van der Waals surface area (Å²) in [4.78, 5) is 22.0. The van der Waals surface area contributed by atoms with Crippen molar-refractivity contribution in [3.8, 4) is 0 Å². The van der Waals surface area contributed by atoms with Crippen molar-refractivity contribution in [2.24, 2.45) is 10.7 Å². The molecule has 1 aromatic heterocycles. The number of rotatable bonds is 7. The number of carbonyl (C=O) groups is 1. The minimum Gasteiger partial charge on any atom is -0.367 e. The zero-order chi connectivity index (χ0) is 24.2. The van der Waals surface area contributed by atoms with Crippen molar-refractivity contribution in [3.05, 3.63) is 47.9 Å². The van der Waals surface area contributed by atoms with Crippen molar-refractivity contribution in [1.29, 1.82) is 0 Å². The molecule has 1 aromatic carbocycles. The highest BCUT2D eigenvalue weighted by Crippen LogP contribution is 2.37. The number of imidazole rings is 1. The molecule has 1 unspecified atom stereocenters. The maximum absolute atomic E-state index is 12.4. The fourth-order valence-electron chi connectivity index (χ4n) is 5.31. The monoisotopic (exact) mass is 570 g/mol. The van der Waals surface area contributed by atoms with E-state index in [0.29, 0.717) is 36.6 Å². The number of nitrogens with one attached hydrogen (secondary N) is 3. The van der Waals surface area contributed by atoms with Crippen LogP contribution in [0.1, 0.15) is 73.5 Å². The second-order valence-electron chi connectivity index (χ2n) is 9.75. The maximum Gasteiger partial charge on any atom is 0.251 e. The quantitative estimate of drug-likeness (QED) is 0.298. The van der Waals surface area contributed by atoms with Crippen molar-refractivity contribution >= 4 is 54.2 Å². The van der Waals surface area contributed by atoms with Gasteiger partial charge < -0.3 is 20.9 Å². The molecule has 1 amide bonds. The van der Waals surface area contributed by atoms with E-state index in [9.17, 15) is 4.79 Å². The minimum atomic E-state index is -0.401. The number of anilines is 1. The van der Waals surface area contributed by atoms with E-state index in [0.717, 1.165) is 50.0 Å². The van der Waals surface area contributed by atoms with Crippen molar-refractivity contribution in [2.45, 2.75) is 75.8 Å². The van der Waals surface area contributed by atoms with Crippen LogP contribution in [0.4, 0.5) is 5.82 Å². The molecule has 3 aliphatic rings. The number of aromatic nitrogens is 2. The van der Waals surface area contributed by atoms with Crippen LogP contribution in [0.2, 0.25) is 0 Å². The molecule has 2 saturated carbocycles. The molecule has 1 aliphatic heterocycles. The van der Waals surface area contributed by atoms with Crippen LogP contribution in [0.25, 0.3) is 0 Å². The molecule has 2 aromatic rings. The van der Waals surface area contributed by atoms with Crippen molar-refractivity contribution in [1.82, 2.24) is 25.5 Å². The number of carbonyl (C=O) groups excluding carboxylic acids is 1. The second kappa shape index (κ2) is 13.7. The van der Waals surface area contributed by atoms with Crippen LogP contribution in [-0.4, -0.2) is 52.8 Å². The maximum atomic E-state index is 12.4. The Labute approximate surface area is 235 Å². The first-order valence-electron chi connectivity index (χ1n) is 12.8. The van der Waals surface area contributed by atoms with E-state index < -0.39 is 6.29 Å². The van der Waals surface area contributed by atoms with Gasteiger partial charge in [0.1, 0.15) is 5.69 Å². The molecular formula is C25H37Cl3N8O. The summed E-state index contributed by atoms with van der Waals surface area (Å²) in [5.41, 5.74) is 7.50. The van der Waals surface area contributed by atoms with E-state index in [-0.39, 0.29) is 36.8 Å². The highest BCUT2D eigenvalue weighted by molar-refractivity contribution is 6.27. The largest absolute Gasteiger partial charge is 0.367 e. The van der Waals surface area contributed by atoms with Gasteiger partial charge in [0, 0.05) is 48.6 Å². The molecule has 0 bridgehead atoms. The van der Waals surface area contributed by atoms with Crippen molar-refractivity contribution in [3.63, 3.8) is 0 Å². The van der Waals surface area contributed by atoms with Gasteiger partial charge in [0.2, 0.25) is 0 Å². The number of benzene rings is 1. The summed E-state index contributed by atoms with van der Waals surface area (Å²) >= 11 is 6.92. The number of amidine groups is 1. The number of hydrogen-bond acceptors (Lipinski definition) is 7. The van der Waals surface area contributed by atoms with Gasteiger partial charge in [-0.3, -0.25) is 10.1 Å². The number of nitrogens with zero attached hydrogens (tertiary/aromatic N) is 4. The Morgan fingerprint density at radius 3 is 2.43 bits per heavy atom. The summed E-state index contributed by atoms with van der Waals surface area (Å²) in [6, 6.07) is 10.2. The molecule has 0 spiro atoms. The van der Waals surface area contributed by atoms with E-state index in [4.69, 9.17) is 27.5 Å². The van der Waals surface area contributed by atoms with Gasteiger partial charge in [0.05, 0.1) is 6.33 Å². The Morgan fingerprint density at radius 2 is 1.73 bits per heavy atom. The van der Waals surface area contributed by atoms with Gasteiger partial charge in [-0.1, -0.05) is 31.0 Å². The Balaban J connectivity index is 0.00000190. The van der Waals surface area contributed by atoms with Gasteiger partial charge >= 0.3 is 0 Å². The van der Waals surface area contributed by atoms with E-state index in [1.54, 1.807) is 16.6 Å². The summed E-state index contributed by atoms with van der Waals surface area (Å²) in [5, 5.41) is 9.99. The molecule has 0 saturated heterocycles. The van der Waals surface area contributed by atoms with E-state index in [2.05, 4.69) is 20.5 Å². The Hall–Kier alpha value is -2.04. The molecule has 5 rings (SSSR count). The van der Waals surface area contributed by atoms with Crippen LogP contribution in [0.3, 0.4) is 0 Å². The third-order valence-corrected chi connectivity index (χ3v) is 7.62. The Bertz CT molecular complexity index is 1040. The number of fused-ring (bicyclic) bond motifs is 1. The SMILES string of the molecule is Cl.Cl.N[C@H]1CC[C@H](NC2N=C(NCCNC(=O)c3ccccc3)c3ncn(C4CCCC4)c3N2Cl)CC1. The minimum absolute atomic E-state index is 0. The molecule has 12 heteroatoms. The third kappa shape index (κ3) is 6.89. The topological polar surface area (TPSA) is 113 Å².